The van der Waals surface area contributed by atoms with Crippen molar-refractivity contribution in [2.75, 3.05) is 18.5 Å². The highest BCUT2D eigenvalue weighted by molar-refractivity contribution is 7.80. The summed E-state index contributed by atoms with van der Waals surface area (Å²) in [7, 11) is 1.83. The Morgan fingerprint density at radius 1 is 1.35 bits per heavy atom. The Bertz CT molecular complexity index is 484. The average molecular weight is 304 g/mol. The molecule has 112 valence electrons. The first kappa shape index (κ1) is 16.8. The number of thiocarbonyl (C=S) groups is 1. The van der Waals surface area contributed by atoms with Crippen molar-refractivity contribution in [2.24, 2.45) is 11.7 Å². The average Bonchev–Trinajstić information content (AvgIpc) is 2.33. The number of nitrogens with two attached hydrogens (primary N) is 1. The summed E-state index contributed by atoms with van der Waals surface area (Å²) in [5.74, 6) is 0.514. The van der Waals surface area contributed by atoms with Crippen LogP contribution in [0.1, 0.15) is 31.4 Å². The number of halogens is 3. The van der Waals surface area contributed by atoms with E-state index in [0.717, 1.165) is 25.1 Å². The molecule has 0 saturated heterocycles. The van der Waals surface area contributed by atoms with Gasteiger partial charge in [-0.2, -0.15) is 13.2 Å². The monoisotopic (exact) mass is 304 g/mol. The fraction of sp³-hybridized carbons (Fsp3) is 0.500. The second-order valence-corrected chi connectivity index (χ2v) is 5.64. The van der Waals surface area contributed by atoms with Crippen LogP contribution >= 0.6 is 12.2 Å². The number of nitrogens with zero attached hydrogens (tertiary/aromatic N) is 1. The van der Waals surface area contributed by atoms with Crippen molar-refractivity contribution >= 4 is 22.9 Å². The Morgan fingerprint density at radius 2 is 1.95 bits per heavy atom. The van der Waals surface area contributed by atoms with Gasteiger partial charge in [-0.3, -0.25) is 0 Å². The Morgan fingerprint density at radius 3 is 2.40 bits per heavy atom. The molecule has 0 saturated carbocycles. The van der Waals surface area contributed by atoms with E-state index in [1.54, 1.807) is 0 Å². The van der Waals surface area contributed by atoms with Crippen molar-refractivity contribution in [2.45, 2.75) is 26.4 Å². The normalized spacial score (nSPS) is 11.8. The molecule has 0 amide bonds. The number of alkyl halides is 3. The van der Waals surface area contributed by atoms with Gasteiger partial charge in [0.2, 0.25) is 0 Å². The third kappa shape index (κ3) is 4.37. The van der Waals surface area contributed by atoms with Gasteiger partial charge in [-0.1, -0.05) is 26.1 Å². The van der Waals surface area contributed by atoms with E-state index in [9.17, 15) is 13.2 Å². The van der Waals surface area contributed by atoms with Crippen molar-refractivity contribution in [1.82, 2.24) is 0 Å². The SMILES string of the molecule is CC(C)CCN(C)c1ccc(C(F)(F)F)cc1C(N)=S. The topological polar surface area (TPSA) is 29.3 Å². The molecule has 0 unspecified atom stereocenters. The summed E-state index contributed by atoms with van der Waals surface area (Å²) in [4.78, 5) is 1.86. The zero-order valence-corrected chi connectivity index (χ0v) is 12.6. The van der Waals surface area contributed by atoms with E-state index < -0.39 is 11.7 Å². The summed E-state index contributed by atoms with van der Waals surface area (Å²) < 4.78 is 38.2. The molecule has 2 nitrogen and oxygen atoms in total. The van der Waals surface area contributed by atoms with E-state index in [2.05, 4.69) is 13.8 Å². The molecule has 0 atom stereocenters. The van der Waals surface area contributed by atoms with Crippen LogP contribution in [0.5, 0.6) is 0 Å². The van der Waals surface area contributed by atoms with Crippen LogP contribution in [0.2, 0.25) is 0 Å². The summed E-state index contributed by atoms with van der Waals surface area (Å²) in [5, 5.41) is 0. The van der Waals surface area contributed by atoms with Crippen LogP contribution in [-0.4, -0.2) is 18.6 Å². The van der Waals surface area contributed by atoms with Crippen LogP contribution in [0.25, 0.3) is 0 Å². The third-order valence-electron chi connectivity index (χ3n) is 3.04. The van der Waals surface area contributed by atoms with E-state index in [1.165, 1.54) is 6.07 Å². The van der Waals surface area contributed by atoms with Crippen LogP contribution < -0.4 is 10.6 Å². The van der Waals surface area contributed by atoms with Gasteiger partial charge in [0.15, 0.2) is 0 Å². The highest BCUT2D eigenvalue weighted by atomic mass is 32.1. The predicted octanol–water partition coefficient (Wildman–Crippen LogP) is 3.82. The fourth-order valence-corrected chi connectivity index (χ4v) is 1.98. The molecule has 6 heteroatoms. The molecule has 1 rings (SSSR count). The first-order valence-corrected chi connectivity index (χ1v) is 6.76. The fourth-order valence-electron chi connectivity index (χ4n) is 1.81. The second-order valence-electron chi connectivity index (χ2n) is 5.20. The number of rotatable bonds is 5. The minimum Gasteiger partial charge on any atom is -0.389 e. The van der Waals surface area contributed by atoms with Gasteiger partial charge in [0, 0.05) is 24.8 Å². The molecule has 0 aliphatic heterocycles. The molecule has 20 heavy (non-hydrogen) atoms. The second kappa shape index (κ2) is 6.43. The lowest BCUT2D eigenvalue weighted by Crippen LogP contribution is -2.24. The number of hydrogen-bond donors (Lipinski definition) is 1. The predicted molar refractivity (Wildman–Crippen MR) is 80.1 cm³/mol. The lowest BCUT2D eigenvalue weighted by atomic mass is 10.1. The summed E-state index contributed by atoms with van der Waals surface area (Å²) in [6.07, 6.45) is -3.46. The standard InChI is InChI=1S/C14H19F3N2S/c1-9(2)6-7-19(3)12-5-4-10(14(15,16)17)8-11(12)13(18)20/h4-5,8-9H,6-7H2,1-3H3,(H2,18,20). The van der Waals surface area contributed by atoms with Crippen molar-refractivity contribution in [3.63, 3.8) is 0 Å². The zero-order chi connectivity index (χ0) is 15.5. The number of anilines is 1. The molecule has 0 heterocycles. The minimum atomic E-state index is -4.39. The molecule has 0 fully saturated rings. The van der Waals surface area contributed by atoms with Gasteiger partial charge >= 0.3 is 6.18 Å². The van der Waals surface area contributed by atoms with Crippen molar-refractivity contribution < 1.29 is 13.2 Å². The summed E-state index contributed by atoms with van der Waals surface area (Å²) >= 11 is 4.87. The van der Waals surface area contributed by atoms with E-state index in [0.29, 0.717) is 11.6 Å². The van der Waals surface area contributed by atoms with Gasteiger partial charge in [-0.05, 0) is 30.5 Å². The minimum absolute atomic E-state index is 0.0255. The summed E-state index contributed by atoms with van der Waals surface area (Å²) in [5.41, 5.74) is 5.72. The van der Waals surface area contributed by atoms with Gasteiger partial charge in [0.1, 0.15) is 4.99 Å². The van der Waals surface area contributed by atoms with Gasteiger partial charge in [0.05, 0.1) is 5.56 Å². The molecule has 0 radical (unpaired) electrons. The molecule has 1 aromatic carbocycles. The molecule has 2 N–H and O–H groups in total. The van der Waals surface area contributed by atoms with Crippen LogP contribution in [0, 0.1) is 5.92 Å². The van der Waals surface area contributed by atoms with Gasteiger partial charge in [-0.25, -0.2) is 0 Å². The summed E-state index contributed by atoms with van der Waals surface area (Å²) in [6, 6.07) is 3.50. The Balaban J connectivity index is 3.10. The van der Waals surface area contributed by atoms with Crippen molar-refractivity contribution in [3.8, 4) is 0 Å². The quantitative estimate of drug-likeness (QED) is 0.839. The summed E-state index contributed by atoms with van der Waals surface area (Å²) in [6.45, 7) is 4.92. The maximum absolute atomic E-state index is 12.7. The van der Waals surface area contributed by atoms with Crippen molar-refractivity contribution in [3.05, 3.63) is 29.3 Å². The number of hydrogen-bond acceptors (Lipinski definition) is 2. The first-order chi connectivity index (χ1) is 9.12. The number of benzene rings is 1. The van der Waals surface area contributed by atoms with Crippen molar-refractivity contribution in [1.29, 1.82) is 0 Å². The molecule has 1 aromatic rings. The maximum atomic E-state index is 12.7. The smallest absolute Gasteiger partial charge is 0.389 e. The Kier molecular flexibility index (Phi) is 5.39. The van der Waals surface area contributed by atoms with Gasteiger partial charge in [-0.15, -0.1) is 0 Å². The molecule has 0 aromatic heterocycles. The maximum Gasteiger partial charge on any atom is 0.416 e. The lowest BCUT2D eigenvalue weighted by Gasteiger charge is -2.24. The first-order valence-electron chi connectivity index (χ1n) is 6.35. The van der Waals surface area contributed by atoms with Crippen LogP contribution in [0.15, 0.2) is 18.2 Å². The molecule has 0 bridgehead atoms. The molecule has 0 aliphatic rings. The van der Waals surface area contributed by atoms with E-state index in [1.807, 2.05) is 11.9 Å². The lowest BCUT2D eigenvalue weighted by molar-refractivity contribution is -0.137. The molecule has 0 aliphatic carbocycles. The van der Waals surface area contributed by atoms with Gasteiger partial charge in [0.25, 0.3) is 0 Å². The van der Waals surface area contributed by atoms with Crippen LogP contribution in [0.4, 0.5) is 18.9 Å². The molecular weight excluding hydrogens is 285 g/mol. The molecule has 0 spiro atoms. The van der Waals surface area contributed by atoms with E-state index >= 15 is 0 Å². The highest BCUT2D eigenvalue weighted by Gasteiger charge is 2.31. The van der Waals surface area contributed by atoms with Crippen LogP contribution in [0.3, 0.4) is 0 Å². The largest absolute Gasteiger partial charge is 0.416 e. The zero-order valence-electron chi connectivity index (χ0n) is 11.8. The van der Waals surface area contributed by atoms with E-state index in [4.69, 9.17) is 18.0 Å². The highest BCUT2D eigenvalue weighted by Crippen LogP contribution is 2.32. The molecular formula is C14H19F3N2S. The van der Waals surface area contributed by atoms with Crippen LogP contribution in [-0.2, 0) is 6.18 Å². The van der Waals surface area contributed by atoms with Gasteiger partial charge < -0.3 is 10.6 Å². The van der Waals surface area contributed by atoms with E-state index in [-0.39, 0.29) is 10.6 Å². The Labute approximate surface area is 122 Å². The third-order valence-corrected chi connectivity index (χ3v) is 3.26. The Hall–Kier alpha value is -1.30.